The number of benzene rings is 2. The number of nitrogens with zero attached hydrogens (tertiary/aromatic N) is 4. The van der Waals surface area contributed by atoms with E-state index < -0.39 is 10.0 Å². The molecule has 1 atom stereocenters. The number of rotatable bonds is 4. The van der Waals surface area contributed by atoms with E-state index in [2.05, 4.69) is 16.0 Å². The summed E-state index contributed by atoms with van der Waals surface area (Å²) in [5.74, 6) is 0.752. The van der Waals surface area contributed by atoms with Crippen molar-refractivity contribution in [2.24, 2.45) is 0 Å². The first-order valence-corrected chi connectivity index (χ1v) is 13.0. The minimum atomic E-state index is -3.81. The fraction of sp³-hybridized carbons (Fsp3) is 0.250. The van der Waals surface area contributed by atoms with Crippen LogP contribution in [0.25, 0.3) is 0 Å². The molecule has 0 bridgehead atoms. The van der Waals surface area contributed by atoms with Crippen LogP contribution in [0.15, 0.2) is 76.7 Å². The van der Waals surface area contributed by atoms with Crippen LogP contribution in [0, 0.1) is 11.3 Å². The number of para-hydroxylation sites is 1. The molecule has 3 aromatic rings. The molecule has 1 saturated heterocycles. The number of morpholine rings is 1. The molecule has 2 aromatic carbocycles. The molecule has 33 heavy (non-hydrogen) atoms. The zero-order valence-electron chi connectivity index (χ0n) is 17.8. The van der Waals surface area contributed by atoms with Gasteiger partial charge in [0, 0.05) is 24.2 Å². The fourth-order valence-electron chi connectivity index (χ4n) is 4.01. The van der Waals surface area contributed by atoms with Gasteiger partial charge in [0.05, 0.1) is 42.3 Å². The lowest BCUT2D eigenvalue weighted by Crippen LogP contribution is -2.37. The number of aromatic nitrogens is 1. The largest absolute Gasteiger partial charge is 0.378 e. The molecular formula is C24H22N4O3S2. The molecule has 9 heteroatoms. The van der Waals surface area contributed by atoms with Gasteiger partial charge in [-0.2, -0.15) is 5.26 Å². The van der Waals surface area contributed by atoms with Crippen molar-refractivity contribution in [2.75, 3.05) is 42.1 Å². The molecule has 1 unspecified atom stereocenters. The monoisotopic (exact) mass is 478 g/mol. The Bertz CT molecular complexity index is 1280. The second kappa shape index (κ2) is 9.06. The number of thioether (sulfide) groups is 1. The SMILES string of the molecule is N#Cc1ccc(C2CN(S(=O)(=O)c3ccc(N4CCOCC4)nc3)c3ccccc3S2)cc1. The summed E-state index contributed by atoms with van der Waals surface area (Å²) in [5, 5.41) is 8.99. The molecule has 7 nitrogen and oxygen atoms in total. The molecule has 5 rings (SSSR count). The Balaban J connectivity index is 1.47. The smallest absolute Gasteiger partial charge is 0.265 e. The van der Waals surface area contributed by atoms with Gasteiger partial charge in [0.1, 0.15) is 10.7 Å². The molecule has 0 saturated carbocycles. The third kappa shape index (κ3) is 4.29. The van der Waals surface area contributed by atoms with E-state index in [4.69, 9.17) is 10.00 Å². The van der Waals surface area contributed by atoms with Crippen LogP contribution < -0.4 is 9.21 Å². The highest BCUT2D eigenvalue weighted by Crippen LogP contribution is 2.47. The summed E-state index contributed by atoms with van der Waals surface area (Å²) in [5.41, 5.74) is 2.23. The van der Waals surface area contributed by atoms with Crippen LogP contribution in [0.3, 0.4) is 0 Å². The standard InChI is InChI=1S/C24H22N4O3S2/c25-15-18-5-7-19(8-6-18)23-17-28(21-3-1-2-4-22(21)32-23)33(29,30)20-9-10-24(26-16-20)27-11-13-31-14-12-27/h1-10,16,23H,11-14,17H2. The molecule has 0 radical (unpaired) electrons. The van der Waals surface area contributed by atoms with Crippen LogP contribution in [0.5, 0.6) is 0 Å². The van der Waals surface area contributed by atoms with Gasteiger partial charge >= 0.3 is 0 Å². The van der Waals surface area contributed by atoms with E-state index in [0.717, 1.165) is 29.4 Å². The molecule has 2 aliphatic rings. The first-order valence-electron chi connectivity index (χ1n) is 10.6. The Morgan fingerprint density at radius 3 is 2.48 bits per heavy atom. The van der Waals surface area contributed by atoms with Gasteiger partial charge in [-0.3, -0.25) is 4.31 Å². The van der Waals surface area contributed by atoms with E-state index in [9.17, 15) is 8.42 Å². The summed E-state index contributed by atoms with van der Waals surface area (Å²) in [6.45, 7) is 3.05. The van der Waals surface area contributed by atoms with Gasteiger partial charge < -0.3 is 9.64 Å². The second-order valence-corrected chi connectivity index (χ2v) is 10.9. The fourth-order valence-corrected chi connectivity index (χ4v) is 6.88. The summed E-state index contributed by atoms with van der Waals surface area (Å²) in [6.07, 6.45) is 1.45. The number of hydrogen-bond acceptors (Lipinski definition) is 7. The summed E-state index contributed by atoms with van der Waals surface area (Å²) in [6, 6.07) is 20.4. The summed E-state index contributed by atoms with van der Waals surface area (Å²) < 4.78 is 34.3. The first-order chi connectivity index (χ1) is 16.1. The van der Waals surface area contributed by atoms with Crippen molar-refractivity contribution in [1.82, 2.24) is 4.98 Å². The quantitative estimate of drug-likeness (QED) is 0.563. The lowest BCUT2D eigenvalue weighted by atomic mass is 10.1. The third-order valence-electron chi connectivity index (χ3n) is 5.79. The van der Waals surface area contributed by atoms with Crippen LogP contribution in [0.1, 0.15) is 16.4 Å². The first kappa shape index (κ1) is 21.8. The minimum Gasteiger partial charge on any atom is -0.378 e. The number of ether oxygens (including phenoxy) is 1. The molecule has 1 aromatic heterocycles. The third-order valence-corrected chi connectivity index (χ3v) is 8.86. The molecule has 0 N–H and O–H groups in total. The van der Waals surface area contributed by atoms with E-state index >= 15 is 0 Å². The highest BCUT2D eigenvalue weighted by molar-refractivity contribution is 8.00. The Labute approximate surface area is 197 Å². The lowest BCUT2D eigenvalue weighted by molar-refractivity contribution is 0.122. The lowest BCUT2D eigenvalue weighted by Gasteiger charge is -2.35. The van der Waals surface area contributed by atoms with Crippen LogP contribution in [0.4, 0.5) is 11.5 Å². The summed E-state index contributed by atoms with van der Waals surface area (Å²) in [7, 11) is -3.81. The predicted octanol–water partition coefficient (Wildman–Crippen LogP) is 3.83. The van der Waals surface area contributed by atoms with Crippen LogP contribution in [0.2, 0.25) is 0 Å². The van der Waals surface area contributed by atoms with Gasteiger partial charge in [-0.25, -0.2) is 13.4 Å². The van der Waals surface area contributed by atoms with E-state index in [0.29, 0.717) is 31.0 Å². The molecule has 3 heterocycles. The van der Waals surface area contributed by atoms with Crippen molar-refractivity contribution < 1.29 is 13.2 Å². The highest BCUT2D eigenvalue weighted by atomic mass is 32.2. The maximum Gasteiger partial charge on any atom is 0.265 e. The average molecular weight is 479 g/mol. The van der Waals surface area contributed by atoms with Crippen LogP contribution in [-0.4, -0.2) is 46.2 Å². The molecular weight excluding hydrogens is 456 g/mol. The van der Waals surface area contributed by atoms with Crippen molar-refractivity contribution in [2.45, 2.75) is 15.0 Å². The van der Waals surface area contributed by atoms with Crippen molar-refractivity contribution >= 4 is 33.3 Å². The topological polar surface area (TPSA) is 86.5 Å². The minimum absolute atomic E-state index is 0.0944. The molecule has 0 aliphatic carbocycles. The van der Waals surface area contributed by atoms with Crippen molar-refractivity contribution in [3.63, 3.8) is 0 Å². The number of nitriles is 1. The predicted molar refractivity (Wildman–Crippen MR) is 128 cm³/mol. The average Bonchev–Trinajstić information content (AvgIpc) is 2.88. The Morgan fingerprint density at radius 1 is 1.03 bits per heavy atom. The van der Waals surface area contributed by atoms with Crippen LogP contribution in [-0.2, 0) is 14.8 Å². The van der Waals surface area contributed by atoms with Gasteiger partial charge in [0.25, 0.3) is 10.0 Å². The number of sulfonamides is 1. The van der Waals surface area contributed by atoms with Gasteiger partial charge in [-0.1, -0.05) is 24.3 Å². The molecule has 0 amide bonds. The van der Waals surface area contributed by atoms with E-state index in [1.165, 1.54) is 10.5 Å². The Kier molecular flexibility index (Phi) is 5.98. The maximum absolute atomic E-state index is 13.7. The molecule has 2 aliphatic heterocycles. The maximum atomic E-state index is 13.7. The molecule has 168 valence electrons. The number of hydrogen-bond donors (Lipinski definition) is 0. The van der Waals surface area contributed by atoms with Crippen molar-refractivity contribution in [1.29, 1.82) is 5.26 Å². The highest BCUT2D eigenvalue weighted by Gasteiger charge is 2.34. The summed E-state index contributed by atoms with van der Waals surface area (Å²) >= 11 is 1.64. The number of pyridine rings is 1. The van der Waals surface area contributed by atoms with Crippen LogP contribution >= 0.6 is 11.8 Å². The second-order valence-electron chi connectivity index (χ2n) is 7.80. The van der Waals surface area contributed by atoms with E-state index in [1.807, 2.05) is 36.4 Å². The normalized spacial score (nSPS) is 18.5. The molecule has 0 spiro atoms. The Morgan fingerprint density at radius 2 is 1.79 bits per heavy atom. The van der Waals surface area contributed by atoms with Crippen molar-refractivity contribution in [3.05, 3.63) is 78.0 Å². The van der Waals surface area contributed by atoms with Crippen molar-refractivity contribution in [3.8, 4) is 6.07 Å². The zero-order valence-corrected chi connectivity index (χ0v) is 19.4. The summed E-state index contributed by atoms with van der Waals surface area (Å²) in [4.78, 5) is 7.60. The number of fused-ring (bicyclic) bond motifs is 1. The van der Waals surface area contributed by atoms with E-state index in [-0.39, 0.29) is 10.1 Å². The van der Waals surface area contributed by atoms with Gasteiger partial charge in [-0.15, -0.1) is 11.8 Å². The number of anilines is 2. The zero-order chi connectivity index (χ0) is 22.8. The van der Waals surface area contributed by atoms with E-state index in [1.54, 1.807) is 36.0 Å². The van der Waals surface area contributed by atoms with Gasteiger partial charge in [0.15, 0.2) is 0 Å². The van der Waals surface area contributed by atoms with Gasteiger partial charge in [-0.05, 0) is 42.0 Å². The Hall–Kier alpha value is -3.06. The van der Waals surface area contributed by atoms with Gasteiger partial charge in [0.2, 0.25) is 0 Å². The molecule has 1 fully saturated rings.